The smallest absolute Gasteiger partial charge is 0.408 e. The molecule has 0 saturated carbocycles. The Hall–Kier alpha value is -4.73. The molecule has 6 unspecified atom stereocenters. The maximum atomic E-state index is 15.1. The van der Waals surface area contributed by atoms with Crippen LogP contribution in [0.25, 0.3) is 0 Å². The van der Waals surface area contributed by atoms with E-state index in [0.717, 1.165) is 6.34 Å². The average molecular weight is 730 g/mol. The lowest BCUT2D eigenvalue weighted by Gasteiger charge is -2.23. The van der Waals surface area contributed by atoms with Gasteiger partial charge in [0.1, 0.15) is 36.0 Å². The van der Waals surface area contributed by atoms with E-state index in [1.807, 2.05) is 0 Å². The molecule has 1 aromatic heterocycles. The number of halogens is 1. The second-order valence-corrected chi connectivity index (χ2v) is 12.6. The Bertz CT molecular complexity index is 1450. The number of carbonyl (C=O) groups is 5. The van der Waals surface area contributed by atoms with Crippen molar-refractivity contribution in [2.45, 2.75) is 102 Å². The highest BCUT2D eigenvalue weighted by atomic mass is 19.1. The van der Waals surface area contributed by atoms with Gasteiger partial charge in [-0.2, -0.15) is 4.98 Å². The van der Waals surface area contributed by atoms with Crippen molar-refractivity contribution in [1.82, 2.24) is 30.8 Å². The molecule has 51 heavy (non-hydrogen) atoms. The summed E-state index contributed by atoms with van der Waals surface area (Å²) in [7, 11) is 0. The van der Waals surface area contributed by atoms with E-state index in [0.29, 0.717) is 30.0 Å². The van der Waals surface area contributed by atoms with E-state index in [4.69, 9.17) is 15.2 Å². The third-order valence-corrected chi connectivity index (χ3v) is 7.20. The molecule has 0 aliphatic carbocycles. The number of rotatable bonds is 18. The number of nitrogens with one attached hydrogen (secondary N) is 5. The maximum absolute atomic E-state index is 15.1. The summed E-state index contributed by atoms with van der Waals surface area (Å²) in [6.45, 7) is 5.47. The topological polar surface area (TPSA) is 298 Å². The molecule has 6 atom stereocenters. The first-order valence-corrected chi connectivity index (χ1v) is 16.2. The number of hydrogen-bond donors (Lipinski definition) is 9. The predicted octanol–water partition coefficient (Wildman–Crippen LogP) is -2.50. The zero-order valence-electron chi connectivity index (χ0n) is 28.9. The Morgan fingerprint density at radius 1 is 1.08 bits per heavy atom. The number of aliphatic hydroxyl groups is 3. The van der Waals surface area contributed by atoms with Crippen LogP contribution >= 0.6 is 0 Å². The lowest BCUT2D eigenvalue weighted by atomic mass is 10.1. The predicted molar refractivity (Wildman–Crippen MR) is 178 cm³/mol. The standard InChI is InChI=1S/C30H48FN9O11/c1-16(42)34-11-6-5-8-19(26(47)38-24-17(31)13-40(28(48)39-24)27-23(45)22(44)20(14-41)50-27)36-21(43)12-35-25(46)18(9-7-10-33-15-32)37-29(49)51-30(2,3)4/h13,15,18-20,22-23,27,41,44-45H,5-12,14H2,1-4H3,(H2,32,33)(H,34,42)(H,35,46)(H,36,43)(H,37,49)(H,38,39,47,48). The highest BCUT2D eigenvalue weighted by molar-refractivity contribution is 5.97. The molecule has 10 N–H and O–H groups in total. The Morgan fingerprint density at radius 2 is 1.75 bits per heavy atom. The number of hydrogen-bond acceptors (Lipinski definition) is 13. The molecule has 2 rings (SSSR count). The Morgan fingerprint density at radius 3 is 2.35 bits per heavy atom. The van der Waals surface area contributed by atoms with Crippen LogP contribution < -0.4 is 38.0 Å². The van der Waals surface area contributed by atoms with Gasteiger partial charge in [-0.15, -0.1) is 0 Å². The molecule has 1 aromatic rings. The van der Waals surface area contributed by atoms with Crippen molar-refractivity contribution in [1.29, 1.82) is 0 Å². The number of carbonyl (C=O) groups excluding carboxylic acids is 5. The fraction of sp³-hybridized carbons (Fsp3) is 0.667. The molecule has 1 fully saturated rings. The number of aromatic nitrogens is 2. The first-order chi connectivity index (χ1) is 24.0. The van der Waals surface area contributed by atoms with E-state index < -0.39 is 96.5 Å². The van der Waals surface area contributed by atoms with Gasteiger partial charge in [-0.3, -0.25) is 28.7 Å². The van der Waals surface area contributed by atoms with Crippen LogP contribution in [0, 0.1) is 5.82 Å². The van der Waals surface area contributed by atoms with Crippen LogP contribution in [-0.2, 0) is 28.7 Å². The fourth-order valence-corrected chi connectivity index (χ4v) is 4.75. The quantitative estimate of drug-likeness (QED) is 0.0430. The maximum Gasteiger partial charge on any atom is 0.408 e. The Balaban J connectivity index is 2.15. The third-order valence-electron chi connectivity index (χ3n) is 7.20. The van der Waals surface area contributed by atoms with Crippen LogP contribution in [0.2, 0.25) is 0 Å². The number of amides is 5. The van der Waals surface area contributed by atoms with Gasteiger partial charge < -0.3 is 57.1 Å². The second kappa shape index (κ2) is 20.2. The molecule has 286 valence electrons. The summed E-state index contributed by atoms with van der Waals surface area (Å²) in [6.07, 6.45) is -4.13. The van der Waals surface area contributed by atoms with E-state index in [-0.39, 0.29) is 31.8 Å². The zero-order chi connectivity index (χ0) is 38.3. The van der Waals surface area contributed by atoms with Crippen LogP contribution in [-0.4, -0.2) is 123 Å². The van der Waals surface area contributed by atoms with Crippen molar-refractivity contribution >= 4 is 41.9 Å². The van der Waals surface area contributed by atoms with Crippen LogP contribution in [0.1, 0.15) is 66.0 Å². The third kappa shape index (κ3) is 14.2. The molecule has 0 aromatic carbocycles. The summed E-state index contributed by atoms with van der Waals surface area (Å²) >= 11 is 0. The van der Waals surface area contributed by atoms with Gasteiger partial charge in [0.25, 0.3) is 0 Å². The van der Waals surface area contributed by atoms with Crippen molar-refractivity contribution in [3.63, 3.8) is 0 Å². The molecule has 1 aliphatic heterocycles. The fourth-order valence-electron chi connectivity index (χ4n) is 4.75. The van der Waals surface area contributed by atoms with Crippen molar-refractivity contribution in [3.05, 3.63) is 22.5 Å². The summed E-state index contributed by atoms with van der Waals surface area (Å²) in [6, 6.07) is -2.45. The summed E-state index contributed by atoms with van der Waals surface area (Å²) in [5.41, 5.74) is 3.22. The number of alkyl carbamates (subject to hydrolysis) is 1. The molecule has 21 heteroatoms. The minimum atomic E-state index is -1.70. The van der Waals surface area contributed by atoms with Gasteiger partial charge in [-0.1, -0.05) is 0 Å². The van der Waals surface area contributed by atoms with Gasteiger partial charge in [0.2, 0.25) is 23.6 Å². The highest BCUT2D eigenvalue weighted by Crippen LogP contribution is 2.28. The van der Waals surface area contributed by atoms with Gasteiger partial charge in [-0.25, -0.2) is 14.0 Å². The van der Waals surface area contributed by atoms with E-state index in [1.54, 1.807) is 20.8 Å². The summed E-state index contributed by atoms with van der Waals surface area (Å²) in [5, 5.41) is 41.5. The van der Waals surface area contributed by atoms with Crippen LogP contribution in [0.15, 0.2) is 16.0 Å². The normalized spacial score (nSPS) is 19.9. The van der Waals surface area contributed by atoms with Gasteiger partial charge in [0.05, 0.1) is 25.7 Å². The molecule has 0 spiro atoms. The lowest BCUT2D eigenvalue weighted by molar-refractivity contribution is -0.129. The van der Waals surface area contributed by atoms with Crippen LogP contribution in [0.4, 0.5) is 15.0 Å². The SMILES string of the molecule is CC(=O)NCCCCC(NC(=O)CNC(=O)C(CCCN=CN)NC(=O)OC(C)(C)C)C(=O)Nc1nc(=O)n(C2OC(CO)C(O)C2O)cc1F. The van der Waals surface area contributed by atoms with Crippen LogP contribution in [0.5, 0.6) is 0 Å². The van der Waals surface area contributed by atoms with E-state index in [9.17, 15) is 44.1 Å². The van der Waals surface area contributed by atoms with Gasteiger partial charge in [-0.05, 0) is 52.9 Å². The van der Waals surface area contributed by atoms with Gasteiger partial charge in [0, 0.05) is 20.0 Å². The number of nitrogens with zero attached hydrogens (tertiary/aromatic N) is 3. The lowest BCUT2D eigenvalue weighted by Crippen LogP contribution is -2.52. The van der Waals surface area contributed by atoms with Gasteiger partial charge >= 0.3 is 11.8 Å². The number of ether oxygens (including phenoxy) is 2. The molecular formula is C30H48FN9O11. The first-order valence-electron chi connectivity index (χ1n) is 16.2. The molecule has 1 saturated heterocycles. The largest absolute Gasteiger partial charge is 0.444 e. The molecule has 0 bridgehead atoms. The molecule has 2 heterocycles. The second-order valence-electron chi connectivity index (χ2n) is 12.6. The first kappa shape index (κ1) is 42.4. The van der Waals surface area contributed by atoms with E-state index in [2.05, 4.69) is 36.6 Å². The molecular weight excluding hydrogens is 681 g/mol. The van der Waals surface area contributed by atoms with E-state index >= 15 is 4.39 Å². The van der Waals surface area contributed by atoms with Crippen molar-refractivity contribution in [3.8, 4) is 0 Å². The summed E-state index contributed by atoms with van der Waals surface area (Å²) in [4.78, 5) is 82.7. The van der Waals surface area contributed by atoms with E-state index in [1.165, 1.54) is 6.92 Å². The van der Waals surface area contributed by atoms with Crippen molar-refractivity contribution < 1.29 is 53.2 Å². The number of anilines is 1. The Kier molecular flexibility index (Phi) is 16.8. The van der Waals surface area contributed by atoms with Crippen molar-refractivity contribution in [2.75, 3.05) is 31.6 Å². The minimum Gasteiger partial charge on any atom is -0.444 e. The van der Waals surface area contributed by atoms with Gasteiger partial charge in [0.15, 0.2) is 17.9 Å². The highest BCUT2D eigenvalue weighted by Gasteiger charge is 2.44. The molecule has 0 radical (unpaired) electrons. The van der Waals surface area contributed by atoms with Crippen molar-refractivity contribution in [2.24, 2.45) is 10.7 Å². The summed E-state index contributed by atoms with van der Waals surface area (Å²) in [5.74, 6) is -4.85. The number of aliphatic imine (C=N–C) groups is 1. The monoisotopic (exact) mass is 729 g/mol. The molecule has 1 aliphatic rings. The molecule has 20 nitrogen and oxygen atoms in total. The minimum absolute atomic E-state index is 0.0170. The number of aliphatic hydroxyl groups excluding tert-OH is 3. The zero-order valence-corrected chi connectivity index (χ0v) is 28.9. The number of unbranched alkanes of at least 4 members (excludes halogenated alkanes) is 1. The summed E-state index contributed by atoms with van der Waals surface area (Å²) < 4.78 is 26.1. The number of nitrogens with two attached hydrogens (primary N) is 1. The molecule has 5 amide bonds. The van der Waals surface area contributed by atoms with Crippen LogP contribution in [0.3, 0.4) is 0 Å². The Labute approximate surface area is 292 Å². The average Bonchev–Trinajstić information content (AvgIpc) is 3.33.